The van der Waals surface area contributed by atoms with E-state index in [0.717, 1.165) is 0 Å². The van der Waals surface area contributed by atoms with E-state index in [1.807, 2.05) is 0 Å². The third kappa shape index (κ3) is 3.97. The van der Waals surface area contributed by atoms with Crippen LogP contribution in [0, 0.1) is 10.1 Å². The summed E-state index contributed by atoms with van der Waals surface area (Å²) in [5, 5.41) is 13.4. The van der Waals surface area contributed by atoms with E-state index in [1.165, 1.54) is 26.4 Å². The molecule has 2 aromatic rings. The van der Waals surface area contributed by atoms with E-state index in [0.29, 0.717) is 22.6 Å². The van der Waals surface area contributed by atoms with Crippen molar-refractivity contribution in [2.45, 2.75) is 6.54 Å². The van der Waals surface area contributed by atoms with Crippen LogP contribution in [0.15, 0.2) is 42.5 Å². The van der Waals surface area contributed by atoms with Crippen LogP contribution in [0.1, 0.15) is 15.9 Å². The molecule has 2 aromatic carbocycles. The number of nitro groups is 1. The Hall–Kier alpha value is -3.09. The van der Waals surface area contributed by atoms with E-state index in [2.05, 4.69) is 5.32 Å². The first-order chi connectivity index (χ1) is 11.0. The van der Waals surface area contributed by atoms with Gasteiger partial charge in [-0.3, -0.25) is 14.9 Å². The minimum Gasteiger partial charge on any atom is -0.493 e. The predicted octanol–water partition coefficient (Wildman–Crippen LogP) is 2.54. The zero-order chi connectivity index (χ0) is 16.8. The third-order valence-corrected chi connectivity index (χ3v) is 3.22. The summed E-state index contributed by atoms with van der Waals surface area (Å²) in [6.07, 6.45) is 0. The first kappa shape index (κ1) is 16.3. The van der Waals surface area contributed by atoms with Gasteiger partial charge in [0.05, 0.1) is 19.1 Å². The number of benzene rings is 2. The SMILES string of the molecule is COc1ccc(C(=O)NCc2cccc([N+](=O)[O-])c2)cc1OC. The zero-order valence-corrected chi connectivity index (χ0v) is 12.7. The Morgan fingerprint density at radius 1 is 1.13 bits per heavy atom. The van der Waals surface area contributed by atoms with Crippen LogP contribution in [0.3, 0.4) is 0 Å². The normalized spacial score (nSPS) is 10.0. The molecule has 0 aliphatic carbocycles. The lowest BCUT2D eigenvalue weighted by molar-refractivity contribution is -0.384. The lowest BCUT2D eigenvalue weighted by atomic mass is 10.1. The van der Waals surface area contributed by atoms with Gasteiger partial charge in [0.2, 0.25) is 0 Å². The van der Waals surface area contributed by atoms with Crippen molar-refractivity contribution in [1.82, 2.24) is 5.32 Å². The third-order valence-electron chi connectivity index (χ3n) is 3.22. The number of nitro benzene ring substituents is 1. The molecule has 7 heteroatoms. The number of ether oxygens (including phenoxy) is 2. The molecular weight excluding hydrogens is 300 g/mol. The van der Waals surface area contributed by atoms with Gasteiger partial charge in [-0.25, -0.2) is 0 Å². The van der Waals surface area contributed by atoms with Crippen molar-refractivity contribution in [1.29, 1.82) is 0 Å². The second-order valence-electron chi connectivity index (χ2n) is 4.68. The van der Waals surface area contributed by atoms with Crippen molar-refractivity contribution in [3.05, 3.63) is 63.7 Å². The van der Waals surface area contributed by atoms with Gasteiger partial charge in [0, 0.05) is 24.2 Å². The highest BCUT2D eigenvalue weighted by Gasteiger charge is 2.11. The average Bonchev–Trinajstić information content (AvgIpc) is 2.59. The summed E-state index contributed by atoms with van der Waals surface area (Å²) in [5.41, 5.74) is 1.05. The largest absolute Gasteiger partial charge is 0.493 e. The van der Waals surface area contributed by atoms with Crippen LogP contribution in [-0.2, 0) is 6.54 Å². The Morgan fingerprint density at radius 2 is 1.87 bits per heavy atom. The molecule has 2 rings (SSSR count). The van der Waals surface area contributed by atoms with Crippen LogP contribution in [0.5, 0.6) is 11.5 Å². The van der Waals surface area contributed by atoms with Crippen molar-refractivity contribution < 1.29 is 19.2 Å². The average molecular weight is 316 g/mol. The lowest BCUT2D eigenvalue weighted by Crippen LogP contribution is -2.22. The van der Waals surface area contributed by atoms with Gasteiger partial charge >= 0.3 is 0 Å². The molecule has 23 heavy (non-hydrogen) atoms. The number of rotatable bonds is 6. The Kier molecular flexibility index (Phi) is 5.14. The molecule has 1 amide bonds. The number of amides is 1. The van der Waals surface area contributed by atoms with Gasteiger partial charge in [0.1, 0.15) is 0 Å². The Balaban J connectivity index is 2.08. The molecule has 0 heterocycles. The molecule has 0 spiro atoms. The van der Waals surface area contributed by atoms with Crippen molar-refractivity contribution in [3.63, 3.8) is 0 Å². The molecule has 0 atom stereocenters. The topological polar surface area (TPSA) is 90.7 Å². The number of methoxy groups -OCH3 is 2. The maximum atomic E-state index is 12.2. The number of carbonyl (C=O) groups excluding carboxylic acids is 1. The lowest BCUT2D eigenvalue weighted by Gasteiger charge is -2.10. The van der Waals surface area contributed by atoms with Gasteiger partial charge in [0.25, 0.3) is 11.6 Å². The smallest absolute Gasteiger partial charge is 0.269 e. The highest BCUT2D eigenvalue weighted by atomic mass is 16.6. The molecule has 0 aromatic heterocycles. The molecule has 0 bridgehead atoms. The number of hydrogen-bond acceptors (Lipinski definition) is 5. The van der Waals surface area contributed by atoms with Crippen LogP contribution >= 0.6 is 0 Å². The van der Waals surface area contributed by atoms with Crippen molar-refractivity contribution >= 4 is 11.6 Å². The second kappa shape index (κ2) is 7.26. The molecule has 7 nitrogen and oxygen atoms in total. The van der Waals surface area contributed by atoms with Crippen molar-refractivity contribution in [2.24, 2.45) is 0 Å². The molecule has 0 saturated heterocycles. The van der Waals surface area contributed by atoms with E-state index < -0.39 is 4.92 Å². The van der Waals surface area contributed by atoms with Crippen molar-refractivity contribution in [2.75, 3.05) is 14.2 Å². The fourth-order valence-corrected chi connectivity index (χ4v) is 2.04. The second-order valence-corrected chi connectivity index (χ2v) is 4.68. The minimum atomic E-state index is -0.473. The van der Waals surface area contributed by atoms with Gasteiger partial charge in [-0.1, -0.05) is 12.1 Å². The molecule has 0 aliphatic rings. The van der Waals surface area contributed by atoms with Crippen LogP contribution in [0.25, 0.3) is 0 Å². The molecule has 0 saturated carbocycles. The van der Waals surface area contributed by atoms with Crippen molar-refractivity contribution in [3.8, 4) is 11.5 Å². The number of nitrogens with one attached hydrogen (secondary N) is 1. The first-order valence-electron chi connectivity index (χ1n) is 6.78. The van der Waals surface area contributed by atoms with E-state index in [4.69, 9.17) is 9.47 Å². The minimum absolute atomic E-state index is 0.0112. The fraction of sp³-hybridized carbons (Fsp3) is 0.188. The Labute approximate surface area is 133 Å². The quantitative estimate of drug-likeness (QED) is 0.653. The molecule has 0 radical (unpaired) electrons. The fourth-order valence-electron chi connectivity index (χ4n) is 2.04. The Morgan fingerprint density at radius 3 is 2.52 bits per heavy atom. The highest BCUT2D eigenvalue weighted by molar-refractivity contribution is 5.94. The van der Waals surface area contributed by atoms with Gasteiger partial charge in [-0.2, -0.15) is 0 Å². The predicted molar refractivity (Wildman–Crippen MR) is 83.8 cm³/mol. The molecule has 0 aliphatic heterocycles. The van der Waals surface area contributed by atoms with Crippen LogP contribution in [0.2, 0.25) is 0 Å². The Bertz CT molecular complexity index is 730. The number of nitrogens with zero attached hydrogens (tertiary/aromatic N) is 1. The summed E-state index contributed by atoms with van der Waals surface area (Å²) in [4.78, 5) is 22.4. The summed E-state index contributed by atoms with van der Waals surface area (Å²) >= 11 is 0. The van der Waals surface area contributed by atoms with Crippen LogP contribution in [-0.4, -0.2) is 25.1 Å². The standard InChI is InChI=1S/C16H16N2O5/c1-22-14-7-6-12(9-15(14)23-2)16(19)17-10-11-4-3-5-13(8-11)18(20)21/h3-9H,10H2,1-2H3,(H,17,19). The first-order valence-corrected chi connectivity index (χ1v) is 6.78. The maximum Gasteiger partial charge on any atom is 0.269 e. The highest BCUT2D eigenvalue weighted by Crippen LogP contribution is 2.27. The molecule has 120 valence electrons. The molecule has 1 N–H and O–H groups in total. The van der Waals surface area contributed by atoms with Gasteiger partial charge in [-0.05, 0) is 23.8 Å². The van der Waals surface area contributed by atoms with Crippen LogP contribution < -0.4 is 14.8 Å². The summed E-state index contributed by atoms with van der Waals surface area (Å²) in [6.45, 7) is 0.189. The zero-order valence-electron chi connectivity index (χ0n) is 12.7. The molecular formula is C16H16N2O5. The monoisotopic (exact) mass is 316 g/mol. The van der Waals surface area contributed by atoms with E-state index in [9.17, 15) is 14.9 Å². The summed E-state index contributed by atoms with van der Waals surface area (Å²) < 4.78 is 10.3. The van der Waals surface area contributed by atoms with E-state index in [-0.39, 0.29) is 18.1 Å². The van der Waals surface area contributed by atoms with E-state index in [1.54, 1.807) is 30.3 Å². The summed E-state index contributed by atoms with van der Waals surface area (Å²) in [7, 11) is 3.00. The summed E-state index contributed by atoms with van der Waals surface area (Å²) in [5.74, 6) is 0.677. The van der Waals surface area contributed by atoms with Gasteiger partial charge < -0.3 is 14.8 Å². The van der Waals surface area contributed by atoms with E-state index >= 15 is 0 Å². The number of non-ortho nitro benzene ring substituents is 1. The van der Waals surface area contributed by atoms with Gasteiger partial charge in [-0.15, -0.1) is 0 Å². The maximum absolute atomic E-state index is 12.2. The molecule has 0 fully saturated rings. The summed E-state index contributed by atoms with van der Waals surface area (Å²) in [6, 6.07) is 10.9. The number of hydrogen-bond donors (Lipinski definition) is 1. The van der Waals surface area contributed by atoms with Gasteiger partial charge in [0.15, 0.2) is 11.5 Å². The number of carbonyl (C=O) groups is 1. The van der Waals surface area contributed by atoms with Crippen LogP contribution in [0.4, 0.5) is 5.69 Å². The molecule has 0 unspecified atom stereocenters.